The van der Waals surface area contributed by atoms with Crippen LogP contribution >= 0.6 is 0 Å². The number of benzene rings is 1. The predicted octanol–water partition coefficient (Wildman–Crippen LogP) is 2.69. The third kappa shape index (κ3) is 2.65. The Bertz CT molecular complexity index is 388. The van der Waals surface area contributed by atoms with Crippen molar-refractivity contribution in [2.75, 3.05) is 0 Å². The van der Waals surface area contributed by atoms with Crippen LogP contribution in [0.4, 0.5) is 4.39 Å². The highest BCUT2D eigenvalue weighted by atomic mass is 19.1. The van der Waals surface area contributed by atoms with Crippen molar-refractivity contribution < 1.29 is 14.4 Å². The molecule has 0 unspecified atom stereocenters. The van der Waals surface area contributed by atoms with Crippen LogP contribution in [0.25, 0.3) is 5.57 Å². The van der Waals surface area contributed by atoms with Crippen molar-refractivity contribution in [3.05, 3.63) is 48.3 Å². The van der Waals surface area contributed by atoms with E-state index >= 15 is 0 Å². The summed E-state index contributed by atoms with van der Waals surface area (Å²) in [5.41, 5.74) is 2.96. The summed E-state index contributed by atoms with van der Waals surface area (Å²) in [4.78, 5) is 4.42. The smallest absolute Gasteiger partial charge is 0.185 e. The third-order valence-electron chi connectivity index (χ3n) is 1.95. The molecular formula is C11H12FNO2. The van der Waals surface area contributed by atoms with Crippen molar-refractivity contribution in [3.8, 4) is 5.75 Å². The van der Waals surface area contributed by atoms with Gasteiger partial charge in [-0.3, -0.25) is 5.21 Å². The van der Waals surface area contributed by atoms with E-state index < -0.39 is 5.82 Å². The minimum absolute atomic E-state index is 0.0687. The first-order valence-electron chi connectivity index (χ1n) is 4.37. The molecule has 4 heteroatoms. The average molecular weight is 209 g/mol. The van der Waals surface area contributed by atoms with E-state index in [4.69, 9.17) is 5.21 Å². The Morgan fingerprint density at radius 3 is 2.80 bits per heavy atom. The molecule has 0 bridgehead atoms. The Morgan fingerprint density at radius 1 is 1.60 bits per heavy atom. The zero-order chi connectivity index (χ0) is 11.3. The minimum Gasteiger partial charge on any atom is -0.380 e. The molecule has 0 spiro atoms. The SMILES string of the molecule is C=C/C(=C\C)c1ccc(ONO)c(F)c1. The standard InChI is InChI=1S/C11H12FNO2/c1-3-8(4-2)9-5-6-11(15-13-14)10(12)7-9/h3-7,13-14H,1H2,2H3/b8-4+. The maximum atomic E-state index is 13.3. The van der Waals surface area contributed by atoms with E-state index in [0.29, 0.717) is 5.56 Å². The number of rotatable bonds is 4. The fourth-order valence-corrected chi connectivity index (χ4v) is 1.21. The molecule has 15 heavy (non-hydrogen) atoms. The van der Waals surface area contributed by atoms with Crippen LogP contribution in [0.5, 0.6) is 5.75 Å². The molecule has 0 atom stereocenters. The summed E-state index contributed by atoms with van der Waals surface area (Å²) in [5.74, 6) is -0.629. The normalized spacial score (nSPS) is 11.3. The molecule has 80 valence electrons. The lowest BCUT2D eigenvalue weighted by Gasteiger charge is -2.06. The molecule has 1 aromatic rings. The van der Waals surface area contributed by atoms with E-state index in [1.54, 1.807) is 12.1 Å². The molecular weight excluding hydrogens is 197 g/mol. The van der Waals surface area contributed by atoms with Gasteiger partial charge in [-0.15, -0.1) is 0 Å². The van der Waals surface area contributed by atoms with Gasteiger partial charge in [0.05, 0.1) is 0 Å². The maximum absolute atomic E-state index is 13.3. The van der Waals surface area contributed by atoms with Gasteiger partial charge in [-0.2, -0.15) is 0 Å². The van der Waals surface area contributed by atoms with Gasteiger partial charge in [0.15, 0.2) is 11.6 Å². The molecule has 0 radical (unpaired) electrons. The third-order valence-corrected chi connectivity index (χ3v) is 1.95. The fourth-order valence-electron chi connectivity index (χ4n) is 1.21. The van der Waals surface area contributed by atoms with Gasteiger partial charge >= 0.3 is 0 Å². The van der Waals surface area contributed by atoms with E-state index in [2.05, 4.69) is 11.4 Å². The van der Waals surface area contributed by atoms with E-state index in [1.165, 1.54) is 17.8 Å². The lowest BCUT2D eigenvalue weighted by atomic mass is 10.1. The second-order valence-electron chi connectivity index (χ2n) is 2.79. The molecule has 0 aliphatic carbocycles. The van der Waals surface area contributed by atoms with Crippen molar-refractivity contribution in [1.29, 1.82) is 0 Å². The molecule has 0 saturated carbocycles. The Balaban J connectivity index is 3.05. The average Bonchev–Trinajstić information content (AvgIpc) is 2.24. The molecule has 0 aliphatic rings. The second-order valence-corrected chi connectivity index (χ2v) is 2.79. The van der Waals surface area contributed by atoms with Gasteiger partial charge in [0.1, 0.15) is 0 Å². The van der Waals surface area contributed by atoms with E-state index in [-0.39, 0.29) is 5.75 Å². The van der Waals surface area contributed by atoms with Crippen molar-refractivity contribution in [3.63, 3.8) is 0 Å². The van der Waals surface area contributed by atoms with Crippen LogP contribution in [0, 0.1) is 5.82 Å². The van der Waals surface area contributed by atoms with Gasteiger partial charge in [0.25, 0.3) is 0 Å². The van der Waals surface area contributed by atoms with Gasteiger partial charge in [-0.05, 0) is 35.8 Å². The van der Waals surface area contributed by atoms with Crippen LogP contribution in [0.3, 0.4) is 0 Å². The first-order chi connectivity index (χ1) is 7.22. The number of hydrogen-bond acceptors (Lipinski definition) is 3. The van der Waals surface area contributed by atoms with Crippen LogP contribution in [0.2, 0.25) is 0 Å². The Labute approximate surface area is 87.4 Å². The fraction of sp³-hybridized carbons (Fsp3) is 0.0909. The first kappa shape index (κ1) is 11.4. The van der Waals surface area contributed by atoms with Gasteiger partial charge in [-0.25, -0.2) is 4.39 Å². The number of nitrogens with one attached hydrogen (secondary N) is 1. The maximum Gasteiger partial charge on any atom is 0.185 e. The number of halogens is 1. The van der Waals surface area contributed by atoms with Crippen LogP contribution in [-0.4, -0.2) is 5.21 Å². The zero-order valence-corrected chi connectivity index (χ0v) is 8.33. The largest absolute Gasteiger partial charge is 0.380 e. The summed E-state index contributed by atoms with van der Waals surface area (Å²) >= 11 is 0. The molecule has 0 fully saturated rings. The summed E-state index contributed by atoms with van der Waals surface area (Å²) in [7, 11) is 0. The molecule has 1 rings (SSSR count). The van der Waals surface area contributed by atoms with Crippen LogP contribution in [0.15, 0.2) is 36.9 Å². The van der Waals surface area contributed by atoms with Gasteiger partial charge in [0.2, 0.25) is 0 Å². The first-order valence-corrected chi connectivity index (χ1v) is 4.37. The van der Waals surface area contributed by atoms with E-state index in [0.717, 1.165) is 5.57 Å². The highest BCUT2D eigenvalue weighted by Crippen LogP contribution is 2.22. The minimum atomic E-state index is -0.560. The molecule has 0 saturated heterocycles. The van der Waals surface area contributed by atoms with Crippen LogP contribution in [0.1, 0.15) is 12.5 Å². The van der Waals surface area contributed by atoms with E-state index in [1.807, 2.05) is 13.0 Å². The summed E-state index contributed by atoms with van der Waals surface area (Å²) in [5, 5.41) is 8.25. The number of hydrogen-bond donors (Lipinski definition) is 2. The summed E-state index contributed by atoms with van der Waals surface area (Å²) in [6.45, 7) is 5.46. The van der Waals surface area contributed by atoms with Gasteiger partial charge in [0, 0.05) is 0 Å². The zero-order valence-electron chi connectivity index (χ0n) is 8.33. The van der Waals surface area contributed by atoms with Crippen LogP contribution in [-0.2, 0) is 0 Å². The highest BCUT2D eigenvalue weighted by molar-refractivity contribution is 5.73. The number of allylic oxidation sites excluding steroid dienone is 3. The predicted molar refractivity (Wildman–Crippen MR) is 55.8 cm³/mol. The van der Waals surface area contributed by atoms with Crippen molar-refractivity contribution >= 4 is 5.57 Å². The summed E-state index contributed by atoms with van der Waals surface area (Å²) in [6.07, 6.45) is 3.46. The molecule has 0 amide bonds. The highest BCUT2D eigenvalue weighted by Gasteiger charge is 2.05. The van der Waals surface area contributed by atoms with Crippen molar-refractivity contribution in [2.24, 2.45) is 0 Å². The Morgan fingerprint density at radius 2 is 2.33 bits per heavy atom. The molecule has 1 aromatic carbocycles. The Kier molecular flexibility index (Phi) is 4.03. The van der Waals surface area contributed by atoms with Crippen molar-refractivity contribution in [2.45, 2.75) is 6.92 Å². The topological polar surface area (TPSA) is 41.5 Å². The van der Waals surface area contributed by atoms with Gasteiger partial charge in [-0.1, -0.05) is 24.8 Å². The van der Waals surface area contributed by atoms with Crippen molar-refractivity contribution in [1.82, 2.24) is 5.64 Å². The Hall–Kier alpha value is -1.65. The molecule has 3 nitrogen and oxygen atoms in total. The lowest BCUT2D eigenvalue weighted by Crippen LogP contribution is -2.13. The lowest BCUT2D eigenvalue weighted by molar-refractivity contribution is -0.0460. The van der Waals surface area contributed by atoms with E-state index in [9.17, 15) is 4.39 Å². The summed E-state index contributed by atoms with van der Waals surface area (Å²) in [6, 6.07) is 4.40. The quantitative estimate of drug-likeness (QED) is 0.591. The van der Waals surface area contributed by atoms with Gasteiger partial charge < -0.3 is 4.84 Å². The molecule has 0 aromatic heterocycles. The molecule has 2 N–H and O–H groups in total. The summed E-state index contributed by atoms with van der Waals surface area (Å²) < 4.78 is 13.3. The van der Waals surface area contributed by atoms with Crippen LogP contribution < -0.4 is 10.5 Å². The molecule has 0 heterocycles. The molecule has 0 aliphatic heterocycles. The second kappa shape index (κ2) is 5.29. The monoisotopic (exact) mass is 209 g/mol.